The van der Waals surface area contributed by atoms with E-state index in [-0.39, 0.29) is 0 Å². The van der Waals surface area contributed by atoms with Crippen LogP contribution >= 0.6 is 0 Å². The molecule has 0 heterocycles. The molecule has 0 amide bonds. The predicted molar refractivity (Wildman–Crippen MR) is 60.4 cm³/mol. The number of hydrogen-bond donors (Lipinski definition) is 1. The molecule has 1 atom stereocenters. The Morgan fingerprint density at radius 1 is 1.14 bits per heavy atom. The number of likely N-dealkylation sites (N-methyl/N-ethyl adjacent to an activating group) is 1. The van der Waals surface area contributed by atoms with Crippen molar-refractivity contribution in [1.29, 1.82) is 0 Å². The van der Waals surface area contributed by atoms with Crippen LogP contribution in [0.1, 0.15) is 32.6 Å². The summed E-state index contributed by atoms with van der Waals surface area (Å²) in [4.78, 5) is 2.30. The van der Waals surface area contributed by atoms with E-state index in [4.69, 9.17) is 0 Å². The molecule has 2 aliphatic rings. The number of rotatable bonds is 6. The lowest BCUT2D eigenvalue weighted by Crippen LogP contribution is -2.42. The third kappa shape index (κ3) is 2.71. The first-order valence-corrected chi connectivity index (χ1v) is 6.08. The lowest BCUT2D eigenvalue weighted by atomic mass is 10.1. The van der Waals surface area contributed by atoms with Crippen molar-refractivity contribution in [3.63, 3.8) is 0 Å². The van der Waals surface area contributed by atoms with Gasteiger partial charge < -0.3 is 10.2 Å². The van der Waals surface area contributed by atoms with E-state index in [1.54, 1.807) is 0 Å². The average Bonchev–Trinajstić information content (AvgIpc) is 2.99. The number of nitrogens with one attached hydrogen (secondary N) is 1. The van der Waals surface area contributed by atoms with Crippen molar-refractivity contribution in [1.82, 2.24) is 10.2 Å². The summed E-state index contributed by atoms with van der Waals surface area (Å²) in [5.41, 5.74) is 0. The second kappa shape index (κ2) is 4.19. The number of nitrogens with zero attached hydrogens (tertiary/aromatic N) is 1. The first-order valence-electron chi connectivity index (χ1n) is 6.08. The molecule has 1 unspecified atom stereocenters. The smallest absolute Gasteiger partial charge is 0.0186 e. The van der Waals surface area contributed by atoms with Gasteiger partial charge in [0.05, 0.1) is 0 Å². The predicted octanol–water partition coefficient (Wildman–Crippen LogP) is 1.71. The molecule has 1 N–H and O–H groups in total. The van der Waals surface area contributed by atoms with Crippen molar-refractivity contribution in [3.05, 3.63) is 0 Å². The van der Waals surface area contributed by atoms with Gasteiger partial charge in [-0.2, -0.15) is 0 Å². The van der Waals surface area contributed by atoms with Gasteiger partial charge in [-0.25, -0.2) is 0 Å². The van der Waals surface area contributed by atoms with Crippen molar-refractivity contribution < 1.29 is 0 Å². The highest BCUT2D eigenvalue weighted by Gasteiger charge is 2.41. The van der Waals surface area contributed by atoms with Gasteiger partial charge in [0.2, 0.25) is 0 Å². The summed E-state index contributed by atoms with van der Waals surface area (Å²) >= 11 is 0. The maximum atomic E-state index is 3.78. The van der Waals surface area contributed by atoms with E-state index in [1.807, 2.05) is 0 Å². The van der Waals surface area contributed by atoms with E-state index in [0.717, 1.165) is 24.4 Å². The SMILES string of the molecule is CC(CNC(C1CC1)C1CC1)N(C)C. The fraction of sp³-hybridized carbons (Fsp3) is 1.00. The molecule has 0 aromatic carbocycles. The molecular formula is C12H24N2. The largest absolute Gasteiger partial charge is 0.312 e. The lowest BCUT2D eigenvalue weighted by Gasteiger charge is -2.24. The maximum Gasteiger partial charge on any atom is 0.0186 e. The van der Waals surface area contributed by atoms with E-state index in [0.29, 0.717) is 6.04 Å². The van der Waals surface area contributed by atoms with E-state index in [1.165, 1.54) is 25.7 Å². The topological polar surface area (TPSA) is 15.3 Å². The first-order chi connectivity index (χ1) is 6.68. The standard InChI is InChI=1S/C12H24N2/c1-9(14(2)3)8-13-12(10-4-5-10)11-6-7-11/h9-13H,4-8H2,1-3H3. The molecule has 0 spiro atoms. The fourth-order valence-electron chi connectivity index (χ4n) is 2.12. The van der Waals surface area contributed by atoms with Crippen LogP contribution in [0.25, 0.3) is 0 Å². The Kier molecular flexibility index (Phi) is 3.13. The minimum Gasteiger partial charge on any atom is -0.312 e. The van der Waals surface area contributed by atoms with Crippen molar-refractivity contribution in [2.75, 3.05) is 20.6 Å². The molecule has 0 aromatic heterocycles. The van der Waals surface area contributed by atoms with Crippen LogP contribution in [0.3, 0.4) is 0 Å². The molecule has 0 radical (unpaired) electrons. The van der Waals surface area contributed by atoms with Gasteiger partial charge in [-0.1, -0.05) is 0 Å². The summed E-state index contributed by atoms with van der Waals surface area (Å²) in [7, 11) is 4.32. The molecule has 2 aliphatic carbocycles. The zero-order valence-corrected chi connectivity index (χ0v) is 9.79. The monoisotopic (exact) mass is 196 g/mol. The Balaban J connectivity index is 1.71. The molecule has 2 nitrogen and oxygen atoms in total. The zero-order valence-electron chi connectivity index (χ0n) is 9.79. The van der Waals surface area contributed by atoms with Crippen LogP contribution in [0.2, 0.25) is 0 Å². The van der Waals surface area contributed by atoms with E-state index >= 15 is 0 Å². The van der Waals surface area contributed by atoms with Gasteiger partial charge in [-0.15, -0.1) is 0 Å². The normalized spacial score (nSPS) is 24.6. The summed E-state index contributed by atoms with van der Waals surface area (Å²) in [6.45, 7) is 3.45. The lowest BCUT2D eigenvalue weighted by molar-refractivity contribution is 0.281. The minimum atomic E-state index is 0.662. The molecule has 2 rings (SSSR count). The third-order valence-corrected chi connectivity index (χ3v) is 3.79. The van der Waals surface area contributed by atoms with Crippen LogP contribution in [0.5, 0.6) is 0 Å². The molecule has 2 saturated carbocycles. The third-order valence-electron chi connectivity index (χ3n) is 3.79. The van der Waals surface area contributed by atoms with E-state index in [2.05, 4.69) is 31.2 Å². The summed E-state index contributed by atoms with van der Waals surface area (Å²) in [5, 5.41) is 3.78. The van der Waals surface area contributed by atoms with E-state index < -0.39 is 0 Å². The molecule has 0 aromatic rings. The summed E-state index contributed by atoms with van der Waals surface area (Å²) in [5.74, 6) is 2.05. The summed E-state index contributed by atoms with van der Waals surface area (Å²) in [6.07, 6.45) is 5.91. The van der Waals surface area contributed by atoms with Crippen LogP contribution in [0, 0.1) is 11.8 Å². The Morgan fingerprint density at radius 3 is 2.00 bits per heavy atom. The van der Waals surface area contributed by atoms with Crippen LogP contribution < -0.4 is 5.32 Å². The fourth-order valence-corrected chi connectivity index (χ4v) is 2.12. The van der Waals surface area contributed by atoms with Crippen molar-refractivity contribution in [2.24, 2.45) is 11.8 Å². The number of hydrogen-bond acceptors (Lipinski definition) is 2. The minimum absolute atomic E-state index is 0.662. The molecular weight excluding hydrogens is 172 g/mol. The molecule has 2 heteroatoms. The quantitative estimate of drug-likeness (QED) is 0.696. The maximum absolute atomic E-state index is 3.78. The van der Waals surface area contributed by atoms with Crippen molar-refractivity contribution in [2.45, 2.75) is 44.7 Å². The Bertz CT molecular complexity index is 171. The zero-order chi connectivity index (χ0) is 10.1. The van der Waals surface area contributed by atoms with Gasteiger partial charge in [0, 0.05) is 18.6 Å². The van der Waals surface area contributed by atoms with Crippen molar-refractivity contribution in [3.8, 4) is 0 Å². The van der Waals surface area contributed by atoms with Crippen LogP contribution in [0.15, 0.2) is 0 Å². The molecule has 0 aliphatic heterocycles. The highest BCUT2D eigenvalue weighted by molar-refractivity contribution is 4.96. The van der Waals surface area contributed by atoms with Gasteiger partial charge in [0.1, 0.15) is 0 Å². The summed E-state index contributed by atoms with van der Waals surface area (Å²) < 4.78 is 0. The highest BCUT2D eigenvalue weighted by Crippen LogP contribution is 2.44. The average molecular weight is 196 g/mol. The van der Waals surface area contributed by atoms with Gasteiger partial charge in [0.15, 0.2) is 0 Å². The first kappa shape index (κ1) is 10.4. The van der Waals surface area contributed by atoms with Crippen LogP contribution in [-0.4, -0.2) is 37.6 Å². The van der Waals surface area contributed by atoms with Gasteiger partial charge in [-0.3, -0.25) is 0 Å². The summed E-state index contributed by atoms with van der Waals surface area (Å²) in [6, 6.07) is 1.52. The van der Waals surface area contributed by atoms with E-state index in [9.17, 15) is 0 Å². The molecule has 2 fully saturated rings. The highest BCUT2D eigenvalue weighted by atomic mass is 15.1. The molecule has 0 saturated heterocycles. The van der Waals surface area contributed by atoms with Gasteiger partial charge >= 0.3 is 0 Å². The Labute approximate surface area is 88.1 Å². The van der Waals surface area contributed by atoms with Crippen molar-refractivity contribution >= 4 is 0 Å². The van der Waals surface area contributed by atoms with Crippen LogP contribution in [0.4, 0.5) is 0 Å². The van der Waals surface area contributed by atoms with Gasteiger partial charge in [-0.05, 0) is 58.5 Å². The second-order valence-corrected chi connectivity index (χ2v) is 5.42. The van der Waals surface area contributed by atoms with Crippen LogP contribution in [-0.2, 0) is 0 Å². The Hall–Kier alpha value is -0.0800. The molecule has 14 heavy (non-hydrogen) atoms. The molecule has 82 valence electrons. The Morgan fingerprint density at radius 2 is 1.64 bits per heavy atom. The second-order valence-electron chi connectivity index (χ2n) is 5.42. The van der Waals surface area contributed by atoms with Gasteiger partial charge in [0.25, 0.3) is 0 Å². The molecule has 0 bridgehead atoms.